The zero-order chi connectivity index (χ0) is 23.1. The normalized spacial score (nSPS) is 20.1. The van der Waals surface area contributed by atoms with Crippen molar-refractivity contribution in [3.05, 3.63) is 35.4 Å². The van der Waals surface area contributed by atoms with Crippen molar-refractivity contribution >= 4 is 28.7 Å². The fraction of sp³-hybridized carbons (Fsp3) is 0.550. The van der Waals surface area contributed by atoms with Gasteiger partial charge in [0, 0.05) is 25.7 Å². The van der Waals surface area contributed by atoms with Crippen LogP contribution in [0.1, 0.15) is 53.0 Å². The summed E-state index contributed by atoms with van der Waals surface area (Å²) in [5, 5.41) is 5.54. The summed E-state index contributed by atoms with van der Waals surface area (Å²) in [6.45, 7) is 7.24. The molecule has 0 aliphatic carbocycles. The van der Waals surface area contributed by atoms with Crippen LogP contribution in [0.2, 0.25) is 0 Å². The summed E-state index contributed by atoms with van der Waals surface area (Å²) < 4.78 is 49.4. The molecule has 0 radical (unpaired) electrons. The third kappa shape index (κ3) is 4.92. The van der Waals surface area contributed by atoms with Crippen molar-refractivity contribution in [2.45, 2.75) is 63.4 Å². The first-order chi connectivity index (χ1) is 13.6. The van der Waals surface area contributed by atoms with Gasteiger partial charge < -0.3 is 9.47 Å². The van der Waals surface area contributed by atoms with E-state index in [4.69, 9.17) is 14.6 Å². The molecule has 30 heavy (non-hydrogen) atoms. The molecule has 2 atom stereocenters. The third-order valence-corrected chi connectivity index (χ3v) is 6.25. The Labute approximate surface area is 175 Å². The Balaban J connectivity index is 2.47. The summed E-state index contributed by atoms with van der Waals surface area (Å²) in [5.41, 5.74) is -1.60. The first-order valence-electron chi connectivity index (χ1n) is 9.19. The van der Waals surface area contributed by atoms with Gasteiger partial charge in [-0.2, -0.15) is 0 Å². The van der Waals surface area contributed by atoms with Crippen molar-refractivity contribution in [2.75, 3.05) is 0 Å². The Morgan fingerprint density at radius 3 is 2.20 bits per heavy atom. The van der Waals surface area contributed by atoms with E-state index in [9.17, 15) is 27.4 Å². The van der Waals surface area contributed by atoms with E-state index in [0.29, 0.717) is 0 Å². The molecule has 1 heterocycles. The van der Waals surface area contributed by atoms with E-state index >= 15 is 0 Å². The van der Waals surface area contributed by atoms with Crippen LogP contribution in [0.3, 0.4) is 0 Å². The number of carbonyl (C=O) groups is 3. The average Bonchev–Trinajstić information content (AvgIpc) is 2.54. The average molecular weight is 445 g/mol. The maximum atomic E-state index is 14.6. The van der Waals surface area contributed by atoms with Gasteiger partial charge in [0.15, 0.2) is 17.4 Å². The lowest BCUT2D eigenvalue weighted by atomic mass is 9.71. The second-order valence-electron chi connectivity index (χ2n) is 8.71. The highest BCUT2D eigenvalue weighted by Crippen LogP contribution is 2.40. The minimum absolute atomic E-state index is 0.0997. The molecule has 0 spiro atoms. The minimum Gasteiger partial charge on any atom is -0.422 e. The number of halogens is 2. The van der Waals surface area contributed by atoms with E-state index in [1.165, 1.54) is 32.9 Å². The molecule has 1 aliphatic rings. The highest BCUT2D eigenvalue weighted by atomic mass is 32.2. The SMILES string of the molecule is CC1(C)OC(=O)C(C(=O)C[C@@](C)(CC(C)(C)S(N)=O)c2cccc(F)c2F)C(=O)O1. The molecule has 2 N–H and O–H groups in total. The molecule has 1 fully saturated rings. The summed E-state index contributed by atoms with van der Waals surface area (Å²) >= 11 is 0. The zero-order valence-electron chi connectivity index (χ0n) is 17.4. The van der Waals surface area contributed by atoms with Gasteiger partial charge in [-0.3, -0.25) is 19.5 Å². The first-order valence-corrected chi connectivity index (χ1v) is 10.4. The maximum Gasteiger partial charge on any atom is 0.331 e. The smallest absolute Gasteiger partial charge is 0.331 e. The summed E-state index contributed by atoms with van der Waals surface area (Å²) in [5.74, 6) is -8.71. The van der Waals surface area contributed by atoms with Crippen molar-refractivity contribution < 1.29 is 36.8 Å². The molecule has 1 aliphatic heterocycles. The number of hydrogen-bond acceptors (Lipinski definition) is 6. The van der Waals surface area contributed by atoms with Crippen molar-refractivity contribution in [1.82, 2.24) is 0 Å². The lowest BCUT2D eigenvalue weighted by molar-refractivity contribution is -0.238. The van der Waals surface area contributed by atoms with Crippen LogP contribution in [-0.2, 0) is 40.3 Å². The molecule has 1 unspecified atom stereocenters. The summed E-state index contributed by atoms with van der Waals surface area (Å²) in [6, 6.07) is 3.49. The van der Waals surface area contributed by atoms with Gasteiger partial charge in [-0.15, -0.1) is 0 Å². The Morgan fingerprint density at radius 1 is 1.17 bits per heavy atom. The Bertz CT molecular complexity index is 897. The van der Waals surface area contributed by atoms with Crippen LogP contribution in [-0.4, -0.2) is 32.5 Å². The Kier molecular flexibility index (Phi) is 6.54. The molecule has 10 heteroatoms. The molecular formula is C20H25F2NO6S. The molecule has 0 bridgehead atoms. The van der Waals surface area contributed by atoms with Crippen molar-refractivity contribution in [1.29, 1.82) is 0 Å². The number of ketones is 1. The van der Waals surface area contributed by atoms with Gasteiger partial charge in [-0.05, 0) is 31.9 Å². The summed E-state index contributed by atoms with van der Waals surface area (Å²) in [7, 11) is -1.86. The molecule has 2 rings (SSSR count). The number of benzene rings is 1. The molecule has 0 aromatic heterocycles. The van der Waals surface area contributed by atoms with Crippen molar-refractivity contribution in [3.63, 3.8) is 0 Å². The first kappa shape index (κ1) is 24.1. The van der Waals surface area contributed by atoms with Gasteiger partial charge in [0.1, 0.15) is 0 Å². The number of ether oxygens (including phenoxy) is 2. The Hall–Kier alpha value is -2.20. The second-order valence-corrected chi connectivity index (χ2v) is 10.4. The molecule has 1 aromatic rings. The number of esters is 2. The predicted molar refractivity (Wildman–Crippen MR) is 104 cm³/mol. The molecule has 7 nitrogen and oxygen atoms in total. The monoisotopic (exact) mass is 445 g/mol. The van der Waals surface area contributed by atoms with Crippen LogP contribution in [0, 0.1) is 17.6 Å². The van der Waals surface area contributed by atoms with E-state index in [-0.39, 0.29) is 12.0 Å². The topological polar surface area (TPSA) is 113 Å². The second kappa shape index (κ2) is 8.14. The lowest BCUT2D eigenvalue weighted by Gasteiger charge is -2.38. The third-order valence-electron chi connectivity index (χ3n) is 5.01. The van der Waals surface area contributed by atoms with E-state index in [2.05, 4.69) is 0 Å². The van der Waals surface area contributed by atoms with Gasteiger partial charge in [-0.1, -0.05) is 19.1 Å². The van der Waals surface area contributed by atoms with Gasteiger partial charge >= 0.3 is 11.9 Å². The number of Topliss-reactive ketones (excluding diaryl/α,β-unsaturated/α-hetero) is 1. The fourth-order valence-electron chi connectivity index (χ4n) is 3.70. The summed E-state index contributed by atoms with van der Waals surface area (Å²) in [6.07, 6.45) is -0.638. The highest BCUT2D eigenvalue weighted by Gasteiger charge is 2.50. The molecule has 0 saturated carbocycles. The van der Waals surface area contributed by atoms with Crippen LogP contribution in [0.4, 0.5) is 8.78 Å². The Morgan fingerprint density at radius 2 is 1.70 bits per heavy atom. The van der Waals surface area contributed by atoms with Crippen LogP contribution >= 0.6 is 0 Å². The standard InChI is InChI=1S/C20H25F2NO6S/c1-18(2,30(23)27)10-20(5,11-7-6-8-12(21)15(11)22)9-13(24)14-16(25)28-19(3,4)29-17(14)26/h6-8,14H,9-10,23H2,1-5H3/t20-,30?/m0/s1. The maximum absolute atomic E-state index is 14.6. The van der Waals surface area contributed by atoms with Crippen molar-refractivity contribution in [3.8, 4) is 0 Å². The lowest BCUT2D eigenvalue weighted by Crippen LogP contribution is -2.50. The number of rotatable bonds is 7. The van der Waals surface area contributed by atoms with Gasteiger partial charge in [-0.25, -0.2) is 13.0 Å². The van der Waals surface area contributed by atoms with Crippen LogP contribution in [0.5, 0.6) is 0 Å². The minimum atomic E-state index is -1.86. The number of cyclic esters (lactones) is 2. The number of hydrogen-bond donors (Lipinski definition) is 1. The van der Waals surface area contributed by atoms with E-state index < -0.39 is 68.6 Å². The molecule has 166 valence electrons. The quantitative estimate of drug-likeness (QED) is 0.510. The van der Waals surface area contributed by atoms with E-state index in [1.54, 1.807) is 13.8 Å². The largest absolute Gasteiger partial charge is 0.422 e. The van der Waals surface area contributed by atoms with E-state index in [1.807, 2.05) is 0 Å². The van der Waals surface area contributed by atoms with Gasteiger partial charge in [0.25, 0.3) is 5.79 Å². The molecule has 1 aromatic carbocycles. The fourth-order valence-corrected chi connectivity index (χ4v) is 4.16. The van der Waals surface area contributed by atoms with Crippen LogP contribution in [0.25, 0.3) is 0 Å². The van der Waals surface area contributed by atoms with Crippen LogP contribution < -0.4 is 5.14 Å². The predicted octanol–water partition coefficient (Wildman–Crippen LogP) is 2.43. The number of nitrogens with two attached hydrogens (primary N) is 1. The highest BCUT2D eigenvalue weighted by molar-refractivity contribution is 7.84. The van der Waals surface area contributed by atoms with Crippen LogP contribution in [0.15, 0.2) is 18.2 Å². The zero-order valence-corrected chi connectivity index (χ0v) is 18.2. The van der Waals surface area contributed by atoms with Gasteiger partial charge in [0.2, 0.25) is 5.92 Å². The van der Waals surface area contributed by atoms with Crippen molar-refractivity contribution in [2.24, 2.45) is 11.1 Å². The molecular weight excluding hydrogens is 420 g/mol. The van der Waals surface area contributed by atoms with Gasteiger partial charge in [0.05, 0.1) is 15.7 Å². The summed E-state index contributed by atoms with van der Waals surface area (Å²) in [4.78, 5) is 37.4. The molecule has 0 amide bonds. The molecule has 1 saturated heterocycles. The van der Waals surface area contributed by atoms with E-state index in [0.717, 1.165) is 6.07 Å². The number of carbonyl (C=O) groups excluding carboxylic acids is 3.